The molecule has 0 spiro atoms. The molecule has 0 bridgehead atoms. The van der Waals surface area contributed by atoms with Gasteiger partial charge in [-0.3, -0.25) is 4.79 Å². The number of amides is 1. The topological polar surface area (TPSA) is 55.6 Å². The summed E-state index contributed by atoms with van der Waals surface area (Å²) in [7, 11) is 0. The van der Waals surface area contributed by atoms with Crippen LogP contribution in [0.15, 0.2) is 28.7 Å². The largest absolute Gasteiger partial charge is 0.381 e. The summed E-state index contributed by atoms with van der Waals surface area (Å²) in [6.45, 7) is 5.67. The maximum atomic E-state index is 13.4. The predicted octanol–water partition coefficient (Wildman–Crippen LogP) is 3.12. The molecule has 0 aliphatic carbocycles. The van der Waals surface area contributed by atoms with E-state index in [2.05, 4.69) is 35.0 Å². The van der Waals surface area contributed by atoms with Gasteiger partial charge in [-0.2, -0.15) is 0 Å². The normalized spacial score (nSPS) is 26.0. The van der Waals surface area contributed by atoms with Crippen molar-refractivity contribution >= 4 is 34.2 Å². The van der Waals surface area contributed by atoms with E-state index < -0.39 is 5.41 Å². The van der Waals surface area contributed by atoms with Gasteiger partial charge in [-0.25, -0.2) is 0 Å². The summed E-state index contributed by atoms with van der Waals surface area (Å²) in [6.07, 6.45) is 2.49. The first-order valence-electron chi connectivity index (χ1n) is 8.32. The van der Waals surface area contributed by atoms with E-state index in [1.807, 2.05) is 17.0 Å². The zero-order chi connectivity index (χ0) is 16.5. The summed E-state index contributed by atoms with van der Waals surface area (Å²) in [5, 5.41) is 0. The monoisotopic (exact) mass is 416 g/mol. The lowest BCUT2D eigenvalue weighted by Crippen LogP contribution is -2.50. The Balaban J connectivity index is 0.00000208. The van der Waals surface area contributed by atoms with E-state index in [1.54, 1.807) is 0 Å². The predicted molar refractivity (Wildman–Crippen MR) is 101 cm³/mol. The average Bonchev–Trinajstić information content (AvgIpc) is 2.98. The fourth-order valence-electron chi connectivity index (χ4n) is 3.78. The minimum absolute atomic E-state index is 0. The van der Waals surface area contributed by atoms with Gasteiger partial charge in [-0.05, 0) is 48.9 Å². The van der Waals surface area contributed by atoms with Gasteiger partial charge in [-0.15, -0.1) is 12.4 Å². The minimum Gasteiger partial charge on any atom is -0.381 e. The number of carbonyl (C=O) groups is 1. The number of benzene rings is 1. The molecular weight excluding hydrogens is 392 g/mol. The van der Waals surface area contributed by atoms with Crippen molar-refractivity contribution in [1.29, 1.82) is 0 Å². The Hall–Kier alpha value is -0.620. The van der Waals surface area contributed by atoms with E-state index in [1.165, 1.54) is 0 Å². The fourth-order valence-corrected chi connectivity index (χ4v) is 4.05. The molecule has 134 valence electrons. The van der Waals surface area contributed by atoms with Gasteiger partial charge in [0.25, 0.3) is 0 Å². The molecule has 2 fully saturated rings. The molecular formula is C18H26BrClN2O2. The van der Waals surface area contributed by atoms with Crippen LogP contribution in [0.3, 0.4) is 0 Å². The van der Waals surface area contributed by atoms with Gasteiger partial charge >= 0.3 is 0 Å². The van der Waals surface area contributed by atoms with Crippen molar-refractivity contribution in [3.05, 3.63) is 34.3 Å². The molecule has 6 heteroatoms. The van der Waals surface area contributed by atoms with E-state index >= 15 is 0 Å². The first-order valence-corrected chi connectivity index (χ1v) is 9.12. The number of nitrogens with two attached hydrogens (primary N) is 1. The van der Waals surface area contributed by atoms with Gasteiger partial charge in [0.2, 0.25) is 5.91 Å². The number of hydrogen-bond donors (Lipinski definition) is 1. The van der Waals surface area contributed by atoms with Gasteiger partial charge in [-0.1, -0.05) is 35.0 Å². The third kappa shape index (κ3) is 3.64. The zero-order valence-corrected chi connectivity index (χ0v) is 16.5. The van der Waals surface area contributed by atoms with Gasteiger partial charge in [0.05, 0.1) is 5.41 Å². The standard InChI is InChI=1S/C18H25BrN2O2.ClH/c1-17(12-20)6-9-21(13-17)16(22)18(7-10-23-11-8-18)14-2-4-15(19)5-3-14;/h2-5H,6-13,20H2,1H3;1H. The Labute approximate surface area is 158 Å². The van der Waals surface area contributed by atoms with Crippen LogP contribution in [0.25, 0.3) is 0 Å². The highest BCUT2D eigenvalue weighted by Gasteiger charge is 2.47. The van der Waals surface area contributed by atoms with Crippen molar-refractivity contribution in [2.24, 2.45) is 11.1 Å². The van der Waals surface area contributed by atoms with Crippen molar-refractivity contribution < 1.29 is 9.53 Å². The summed E-state index contributed by atoms with van der Waals surface area (Å²) in [4.78, 5) is 15.5. The molecule has 3 rings (SSSR count). The summed E-state index contributed by atoms with van der Waals surface area (Å²) in [5.41, 5.74) is 6.62. The van der Waals surface area contributed by atoms with Gasteiger partial charge in [0.1, 0.15) is 0 Å². The maximum Gasteiger partial charge on any atom is 0.233 e. The third-order valence-electron chi connectivity index (χ3n) is 5.49. The van der Waals surface area contributed by atoms with Gasteiger partial charge in [0, 0.05) is 30.8 Å². The highest BCUT2D eigenvalue weighted by molar-refractivity contribution is 9.10. The van der Waals surface area contributed by atoms with E-state index in [0.717, 1.165) is 42.4 Å². The van der Waals surface area contributed by atoms with Crippen LogP contribution in [0.2, 0.25) is 0 Å². The molecule has 0 radical (unpaired) electrons. The number of rotatable bonds is 3. The van der Waals surface area contributed by atoms with Crippen LogP contribution >= 0.6 is 28.3 Å². The van der Waals surface area contributed by atoms with E-state index in [4.69, 9.17) is 10.5 Å². The molecule has 1 amide bonds. The second-order valence-electron chi connectivity index (χ2n) is 7.19. The average molecular weight is 418 g/mol. The molecule has 1 aromatic carbocycles. The molecule has 24 heavy (non-hydrogen) atoms. The second kappa shape index (κ2) is 7.73. The molecule has 1 unspecified atom stereocenters. The van der Waals surface area contributed by atoms with Gasteiger partial charge in [0.15, 0.2) is 0 Å². The molecule has 1 aromatic rings. The van der Waals surface area contributed by atoms with Crippen LogP contribution in [-0.4, -0.2) is 43.7 Å². The number of carbonyl (C=O) groups excluding carboxylic acids is 1. The number of nitrogens with zero attached hydrogens (tertiary/aromatic N) is 1. The first-order chi connectivity index (χ1) is 11.0. The number of hydrogen-bond acceptors (Lipinski definition) is 3. The maximum absolute atomic E-state index is 13.4. The molecule has 2 aliphatic rings. The van der Waals surface area contributed by atoms with Crippen molar-refractivity contribution in [3.63, 3.8) is 0 Å². The third-order valence-corrected chi connectivity index (χ3v) is 6.02. The summed E-state index contributed by atoms with van der Waals surface area (Å²) < 4.78 is 6.58. The van der Waals surface area contributed by atoms with E-state index in [-0.39, 0.29) is 23.7 Å². The lowest BCUT2D eigenvalue weighted by molar-refractivity contribution is -0.140. The summed E-state index contributed by atoms with van der Waals surface area (Å²) in [5.74, 6) is 0.250. The smallest absolute Gasteiger partial charge is 0.233 e. The first kappa shape index (κ1) is 19.7. The Morgan fingerprint density at radius 1 is 1.25 bits per heavy atom. The SMILES string of the molecule is CC1(CN)CCN(C(=O)C2(c3ccc(Br)cc3)CCOCC2)C1.Cl. The van der Waals surface area contributed by atoms with Gasteiger partial charge < -0.3 is 15.4 Å². The quantitative estimate of drug-likeness (QED) is 0.822. The Morgan fingerprint density at radius 3 is 2.42 bits per heavy atom. The number of ether oxygens (including phenoxy) is 1. The molecule has 2 saturated heterocycles. The lowest BCUT2D eigenvalue weighted by Gasteiger charge is -2.39. The number of halogens is 2. The molecule has 0 aromatic heterocycles. The fraction of sp³-hybridized carbons (Fsp3) is 0.611. The summed E-state index contributed by atoms with van der Waals surface area (Å²) >= 11 is 3.48. The van der Waals surface area contributed by atoms with E-state index in [9.17, 15) is 4.79 Å². The lowest BCUT2D eigenvalue weighted by atomic mass is 9.73. The molecule has 1 atom stereocenters. The minimum atomic E-state index is -0.446. The zero-order valence-electron chi connectivity index (χ0n) is 14.1. The molecule has 4 nitrogen and oxygen atoms in total. The van der Waals surface area contributed by atoms with Crippen LogP contribution in [0.5, 0.6) is 0 Å². The second-order valence-corrected chi connectivity index (χ2v) is 8.11. The van der Waals surface area contributed by atoms with Crippen LogP contribution in [0.1, 0.15) is 31.7 Å². The Morgan fingerprint density at radius 2 is 1.88 bits per heavy atom. The highest BCUT2D eigenvalue weighted by Crippen LogP contribution is 2.40. The van der Waals surface area contributed by atoms with Crippen molar-refractivity contribution in [1.82, 2.24) is 4.90 Å². The van der Waals surface area contributed by atoms with Crippen LogP contribution in [0, 0.1) is 5.41 Å². The molecule has 2 N–H and O–H groups in total. The Kier molecular flexibility index (Phi) is 6.35. The van der Waals surface area contributed by atoms with Crippen molar-refractivity contribution in [3.8, 4) is 0 Å². The Bertz CT molecular complexity index is 575. The highest BCUT2D eigenvalue weighted by atomic mass is 79.9. The van der Waals surface area contributed by atoms with Crippen LogP contribution in [0.4, 0.5) is 0 Å². The van der Waals surface area contributed by atoms with Crippen LogP contribution in [-0.2, 0) is 14.9 Å². The van der Waals surface area contributed by atoms with Crippen LogP contribution < -0.4 is 5.73 Å². The summed E-state index contributed by atoms with van der Waals surface area (Å²) in [6, 6.07) is 8.19. The van der Waals surface area contributed by atoms with Crippen molar-refractivity contribution in [2.75, 3.05) is 32.8 Å². The molecule has 0 saturated carbocycles. The van der Waals surface area contributed by atoms with E-state index in [0.29, 0.717) is 19.8 Å². The number of likely N-dealkylation sites (tertiary alicyclic amines) is 1. The van der Waals surface area contributed by atoms with Crippen molar-refractivity contribution in [2.45, 2.75) is 31.6 Å². The molecule has 2 heterocycles. The molecule has 2 aliphatic heterocycles.